The Labute approximate surface area is 114 Å². The SMILES string of the molecule is CCCCN(CCO)C(C)C(=O)NCc1ccco1. The van der Waals surface area contributed by atoms with Crippen molar-refractivity contribution in [2.45, 2.75) is 39.3 Å². The Morgan fingerprint density at radius 1 is 1.53 bits per heavy atom. The predicted octanol–water partition coefficient (Wildman–Crippen LogP) is 1.38. The van der Waals surface area contributed by atoms with Gasteiger partial charge in [-0.25, -0.2) is 0 Å². The molecule has 0 aliphatic carbocycles. The molecule has 2 N–H and O–H groups in total. The van der Waals surface area contributed by atoms with E-state index in [1.165, 1.54) is 0 Å². The van der Waals surface area contributed by atoms with Crippen LogP contribution in [0, 0.1) is 0 Å². The number of nitrogens with one attached hydrogen (secondary N) is 1. The Morgan fingerprint density at radius 3 is 2.89 bits per heavy atom. The van der Waals surface area contributed by atoms with Gasteiger partial charge < -0.3 is 14.8 Å². The highest BCUT2D eigenvalue weighted by Crippen LogP contribution is 2.04. The van der Waals surface area contributed by atoms with Gasteiger partial charge in [0.05, 0.1) is 25.5 Å². The van der Waals surface area contributed by atoms with Crippen molar-refractivity contribution in [3.8, 4) is 0 Å². The van der Waals surface area contributed by atoms with Crippen molar-refractivity contribution in [1.82, 2.24) is 10.2 Å². The lowest BCUT2D eigenvalue weighted by molar-refractivity contribution is -0.126. The van der Waals surface area contributed by atoms with Crippen LogP contribution in [-0.4, -0.2) is 41.7 Å². The first-order chi connectivity index (χ1) is 9.19. The second kappa shape index (κ2) is 8.72. The van der Waals surface area contributed by atoms with E-state index < -0.39 is 0 Å². The van der Waals surface area contributed by atoms with Crippen LogP contribution in [0.1, 0.15) is 32.4 Å². The topological polar surface area (TPSA) is 65.7 Å². The molecule has 0 aliphatic rings. The van der Waals surface area contributed by atoms with Crippen LogP contribution in [0.3, 0.4) is 0 Å². The molecule has 1 atom stereocenters. The number of unbranched alkanes of at least 4 members (excludes halogenated alkanes) is 1. The van der Waals surface area contributed by atoms with Crippen LogP contribution in [-0.2, 0) is 11.3 Å². The van der Waals surface area contributed by atoms with Crippen LogP contribution >= 0.6 is 0 Å². The van der Waals surface area contributed by atoms with E-state index in [2.05, 4.69) is 12.2 Å². The summed E-state index contributed by atoms with van der Waals surface area (Å²) in [5.41, 5.74) is 0. The molecule has 0 radical (unpaired) electrons. The molecule has 1 aromatic heterocycles. The van der Waals surface area contributed by atoms with Gasteiger partial charge in [0.25, 0.3) is 0 Å². The minimum atomic E-state index is -0.242. The number of aliphatic hydroxyl groups is 1. The molecule has 5 heteroatoms. The third-order valence-corrected chi connectivity index (χ3v) is 3.13. The Hall–Kier alpha value is -1.33. The number of carbonyl (C=O) groups excluding carboxylic acids is 1. The number of aliphatic hydroxyl groups excluding tert-OH is 1. The van der Waals surface area contributed by atoms with Crippen molar-refractivity contribution in [2.24, 2.45) is 0 Å². The van der Waals surface area contributed by atoms with Crippen LogP contribution in [0.25, 0.3) is 0 Å². The summed E-state index contributed by atoms with van der Waals surface area (Å²) in [7, 11) is 0. The smallest absolute Gasteiger partial charge is 0.237 e. The zero-order valence-corrected chi connectivity index (χ0v) is 11.8. The first-order valence-corrected chi connectivity index (χ1v) is 6.84. The normalized spacial score (nSPS) is 12.6. The molecule has 1 heterocycles. The van der Waals surface area contributed by atoms with Gasteiger partial charge in [0.2, 0.25) is 5.91 Å². The van der Waals surface area contributed by atoms with Gasteiger partial charge in [0.1, 0.15) is 5.76 Å². The van der Waals surface area contributed by atoms with E-state index in [1.54, 1.807) is 12.3 Å². The van der Waals surface area contributed by atoms with E-state index >= 15 is 0 Å². The first-order valence-electron chi connectivity index (χ1n) is 6.84. The van der Waals surface area contributed by atoms with Gasteiger partial charge in [-0.1, -0.05) is 13.3 Å². The van der Waals surface area contributed by atoms with E-state index in [0.29, 0.717) is 13.1 Å². The van der Waals surface area contributed by atoms with E-state index in [0.717, 1.165) is 25.1 Å². The van der Waals surface area contributed by atoms with Crippen molar-refractivity contribution in [1.29, 1.82) is 0 Å². The fraction of sp³-hybridized carbons (Fsp3) is 0.643. The summed E-state index contributed by atoms with van der Waals surface area (Å²) in [4.78, 5) is 14.0. The van der Waals surface area contributed by atoms with Gasteiger partial charge >= 0.3 is 0 Å². The maximum atomic E-state index is 12.0. The lowest BCUT2D eigenvalue weighted by Gasteiger charge is -2.27. The molecule has 0 spiro atoms. The van der Waals surface area contributed by atoms with E-state index in [1.807, 2.05) is 17.9 Å². The highest BCUT2D eigenvalue weighted by Gasteiger charge is 2.20. The zero-order chi connectivity index (χ0) is 14.1. The second-order valence-corrected chi connectivity index (χ2v) is 4.59. The lowest BCUT2D eigenvalue weighted by Crippen LogP contribution is -2.46. The summed E-state index contributed by atoms with van der Waals surface area (Å²) in [6, 6.07) is 3.38. The Bertz CT molecular complexity index is 352. The molecule has 0 aromatic carbocycles. The molecular weight excluding hydrogens is 244 g/mol. The van der Waals surface area contributed by atoms with E-state index in [-0.39, 0.29) is 18.6 Å². The van der Waals surface area contributed by atoms with Crippen molar-refractivity contribution >= 4 is 5.91 Å². The average Bonchev–Trinajstić information content (AvgIpc) is 2.93. The van der Waals surface area contributed by atoms with Gasteiger partial charge in [0.15, 0.2) is 0 Å². The Morgan fingerprint density at radius 2 is 2.32 bits per heavy atom. The fourth-order valence-electron chi connectivity index (χ4n) is 1.89. The van der Waals surface area contributed by atoms with Crippen LogP contribution in [0.5, 0.6) is 0 Å². The van der Waals surface area contributed by atoms with Gasteiger partial charge in [-0.15, -0.1) is 0 Å². The van der Waals surface area contributed by atoms with Crippen LogP contribution < -0.4 is 5.32 Å². The molecule has 0 saturated heterocycles. The van der Waals surface area contributed by atoms with Crippen LogP contribution in [0.4, 0.5) is 0 Å². The highest BCUT2D eigenvalue weighted by molar-refractivity contribution is 5.81. The quantitative estimate of drug-likeness (QED) is 0.710. The maximum Gasteiger partial charge on any atom is 0.237 e. The minimum absolute atomic E-state index is 0.0408. The fourth-order valence-corrected chi connectivity index (χ4v) is 1.89. The molecule has 19 heavy (non-hydrogen) atoms. The summed E-state index contributed by atoms with van der Waals surface area (Å²) in [6.45, 7) is 5.79. The van der Waals surface area contributed by atoms with Gasteiger partial charge in [-0.05, 0) is 32.0 Å². The van der Waals surface area contributed by atoms with Crippen molar-refractivity contribution in [2.75, 3.05) is 19.7 Å². The van der Waals surface area contributed by atoms with Crippen molar-refractivity contribution in [3.05, 3.63) is 24.2 Å². The standard InChI is InChI=1S/C14H24N2O3/c1-3-4-7-16(8-9-17)12(2)14(18)15-11-13-6-5-10-19-13/h5-6,10,12,17H,3-4,7-9,11H2,1-2H3,(H,15,18). The Balaban J connectivity index is 2.42. The summed E-state index contributed by atoms with van der Waals surface area (Å²) < 4.78 is 5.17. The number of hydrogen-bond acceptors (Lipinski definition) is 4. The largest absolute Gasteiger partial charge is 0.467 e. The summed E-state index contributed by atoms with van der Waals surface area (Å²) >= 11 is 0. The number of rotatable bonds is 9. The number of amides is 1. The molecule has 0 saturated carbocycles. The molecule has 1 unspecified atom stereocenters. The third-order valence-electron chi connectivity index (χ3n) is 3.13. The van der Waals surface area contributed by atoms with Crippen LogP contribution in [0.2, 0.25) is 0 Å². The molecule has 1 amide bonds. The first kappa shape index (κ1) is 15.7. The Kier molecular flexibility index (Phi) is 7.22. The summed E-state index contributed by atoms with van der Waals surface area (Å²) in [5.74, 6) is 0.698. The highest BCUT2D eigenvalue weighted by atomic mass is 16.3. The monoisotopic (exact) mass is 268 g/mol. The van der Waals surface area contributed by atoms with Gasteiger partial charge in [-0.2, -0.15) is 0 Å². The average molecular weight is 268 g/mol. The zero-order valence-electron chi connectivity index (χ0n) is 11.8. The predicted molar refractivity (Wildman–Crippen MR) is 73.6 cm³/mol. The van der Waals surface area contributed by atoms with Gasteiger partial charge in [0, 0.05) is 6.54 Å². The molecular formula is C14H24N2O3. The maximum absolute atomic E-state index is 12.0. The molecule has 1 rings (SSSR count). The molecule has 0 aliphatic heterocycles. The molecule has 0 fully saturated rings. The summed E-state index contributed by atoms with van der Waals surface area (Å²) in [6.07, 6.45) is 3.68. The molecule has 108 valence electrons. The van der Waals surface area contributed by atoms with E-state index in [4.69, 9.17) is 9.52 Å². The van der Waals surface area contributed by atoms with Crippen molar-refractivity contribution in [3.63, 3.8) is 0 Å². The number of hydrogen-bond donors (Lipinski definition) is 2. The van der Waals surface area contributed by atoms with E-state index in [9.17, 15) is 4.79 Å². The number of carbonyl (C=O) groups is 1. The molecule has 0 bridgehead atoms. The third kappa shape index (κ3) is 5.44. The second-order valence-electron chi connectivity index (χ2n) is 4.59. The minimum Gasteiger partial charge on any atom is -0.467 e. The number of nitrogens with zero attached hydrogens (tertiary/aromatic N) is 1. The molecule has 1 aromatic rings. The van der Waals surface area contributed by atoms with Crippen LogP contribution in [0.15, 0.2) is 22.8 Å². The van der Waals surface area contributed by atoms with Gasteiger partial charge in [-0.3, -0.25) is 9.69 Å². The lowest BCUT2D eigenvalue weighted by atomic mass is 10.2. The summed E-state index contributed by atoms with van der Waals surface area (Å²) in [5, 5.41) is 11.9. The number of furan rings is 1. The molecule has 5 nitrogen and oxygen atoms in total. The van der Waals surface area contributed by atoms with Crippen molar-refractivity contribution < 1.29 is 14.3 Å².